The summed E-state index contributed by atoms with van der Waals surface area (Å²) in [6, 6.07) is 5.87. The maximum absolute atomic E-state index is 11.0. The minimum absolute atomic E-state index is 0.146. The Labute approximate surface area is 107 Å². The summed E-state index contributed by atoms with van der Waals surface area (Å²) in [6.45, 7) is 1.01. The largest absolute Gasteiger partial charge is 0.477 e. The number of carboxylic acid groups (broad SMARTS) is 1. The molecule has 0 spiro atoms. The molecular weight excluding hydrogens is 228 g/mol. The molecule has 1 aliphatic carbocycles. The van der Waals surface area contributed by atoms with Gasteiger partial charge in [0.2, 0.25) is 0 Å². The summed E-state index contributed by atoms with van der Waals surface area (Å²) in [5.74, 6) is 0.678. The van der Waals surface area contributed by atoms with Gasteiger partial charge in [0, 0.05) is 12.6 Å². The molecule has 1 N–H and O–H groups in total. The molecular formula is C14H18N2O2. The van der Waals surface area contributed by atoms with Gasteiger partial charge in [-0.2, -0.15) is 0 Å². The Hall–Kier alpha value is -1.58. The third-order valence-electron chi connectivity index (χ3n) is 4.24. The number of carbonyl (C=O) groups is 1. The molecule has 96 valence electrons. The number of fused-ring (bicyclic) bond motifs is 1. The molecule has 0 bridgehead atoms. The highest BCUT2D eigenvalue weighted by Crippen LogP contribution is 2.38. The Kier molecular flexibility index (Phi) is 2.94. The number of hydrogen-bond acceptors (Lipinski definition) is 3. The van der Waals surface area contributed by atoms with Crippen molar-refractivity contribution < 1.29 is 9.90 Å². The Balaban J connectivity index is 1.89. The Bertz CT molecular complexity index is 461. The molecule has 1 aliphatic heterocycles. The SMILES string of the molecule is O=C(O)c1cccc(N2CCCC3CCCC32)n1. The third-order valence-corrected chi connectivity index (χ3v) is 4.24. The fraction of sp³-hybridized carbons (Fsp3) is 0.571. The first-order valence-electron chi connectivity index (χ1n) is 6.73. The molecule has 2 aliphatic rings. The summed E-state index contributed by atoms with van der Waals surface area (Å²) in [5, 5.41) is 9.01. The fourth-order valence-electron chi connectivity index (χ4n) is 3.44. The van der Waals surface area contributed by atoms with Crippen LogP contribution in [0.2, 0.25) is 0 Å². The van der Waals surface area contributed by atoms with Gasteiger partial charge in [-0.3, -0.25) is 0 Å². The number of anilines is 1. The van der Waals surface area contributed by atoms with Crippen LogP contribution in [0.3, 0.4) is 0 Å². The molecule has 1 aromatic heterocycles. The summed E-state index contributed by atoms with van der Waals surface area (Å²) >= 11 is 0. The monoisotopic (exact) mass is 246 g/mol. The molecule has 1 saturated carbocycles. The zero-order valence-electron chi connectivity index (χ0n) is 10.4. The number of nitrogens with zero attached hydrogens (tertiary/aromatic N) is 2. The van der Waals surface area contributed by atoms with E-state index in [4.69, 9.17) is 5.11 Å². The van der Waals surface area contributed by atoms with Crippen molar-refractivity contribution in [2.75, 3.05) is 11.4 Å². The van der Waals surface area contributed by atoms with E-state index in [0.29, 0.717) is 6.04 Å². The average molecular weight is 246 g/mol. The zero-order chi connectivity index (χ0) is 12.5. The standard InChI is InChI=1S/C14H18N2O2/c17-14(18)11-6-2-8-13(15-11)16-9-3-5-10-4-1-7-12(10)16/h2,6,8,10,12H,1,3-5,7,9H2,(H,17,18). The van der Waals surface area contributed by atoms with Gasteiger partial charge in [-0.05, 0) is 43.7 Å². The fourth-order valence-corrected chi connectivity index (χ4v) is 3.44. The second kappa shape index (κ2) is 4.59. The van der Waals surface area contributed by atoms with Gasteiger partial charge in [0.1, 0.15) is 5.82 Å². The Morgan fingerprint density at radius 2 is 2.11 bits per heavy atom. The summed E-state index contributed by atoms with van der Waals surface area (Å²) < 4.78 is 0. The van der Waals surface area contributed by atoms with E-state index in [9.17, 15) is 4.79 Å². The van der Waals surface area contributed by atoms with E-state index in [-0.39, 0.29) is 5.69 Å². The van der Waals surface area contributed by atoms with Crippen LogP contribution in [0.4, 0.5) is 5.82 Å². The molecule has 0 aromatic carbocycles. The van der Waals surface area contributed by atoms with E-state index in [0.717, 1.165) is 18.3 Å². The predicted octanol–water partition coefficient (Wildman–Crippen LogP) is 2.55. The number of carboxylic acids is 1. The van der Waals surface area contributed by atoms with Crippen molar-refractivity contribution in [3.05, 3.63) is 23.9 Å². The molecule has 2 unspecified atom stereocenters. The van der Waals surface area contributed by atoms with Crippen molar-refractivity contribution in [2.24, 2.45) is 5.92 Å². The van der Waals surface area contributed by atoms with Crippen LogP contribution in [0.1, 0.15) is 42.6 Å². The summed E-state index contributed by atoms with van der Waals surface area (Å²) in [4.78, 5) is 17.6. The summed E-state index contributed by atoms with van der Waals surface area (Å²) in [6.07, 6.45) is 6.35. The molecule has 0 radical (unpaired) electrons. The van der Waals surface area contributed by atoms with Crippen molar-refractivity contribution in [3.63, 3.8) is 0 Å². The van der Waals surface area contributed by atoms with Crippen LogP contribution >= 0.6 is 0 Å². The minimum atomic E-state index is -0.947. The molecule has 2 heterocycles. The highest BCUT2D eigenvalue weighted by molar-refractivity contribution is 5.85. The van der Waals surface area contributed by atoms with Crippen LogP contribution in [0.25, 0.3) is 0 Å². The van der Waals surface area contributed by atoms with E-state index in [1.54, 1.807) is 12.1 Å². The number of pyridine rings is 1. The maximum Gasteiger partial charge on any atom is 0.354 e. The molecule has 18 heavy (non-hydrogen) atoms. The first-order chi connectivity index (χ1) is 8.75. The van der Waals surface area contributed by atoms with Gasteiger partial charge < -0.3 is 10.0 Å². The number of aromatic nitrogens is 1. The normalized spacial score (nSPS) is 27.0. The topological polar surface area (TPSA) is 53.4 Å². The lowest BCUT2D eigenvalue weighted by Gasteiger charge is -2.38. The van der Waals surface area contributed by atoms with Gasteiger partial charge >= 0.3 is 5.97 Å². The van der Waals surface area contributed by atoms with E-state index < -0.39 is 5.97 Å². The van der Waals surface area contributed by atoms with Crippen LogP contribution in [0.5, 0.6) is 0 Å². The number of rotatable bonds is 2. The number of aromatic carboxylic acids is 1. The van der Waals surface area contributed by atoms with Crippen LogP contribution < -0.4 is 4.90 Å². The van der Waals surface area contributed by atoms with Crippen LogP contribution in [-0.4, -0.2) is 28.6 Å². The molecule has 4 heteroatoms. The highest BCUT2D eigenvalue weighted by Gasteiger charge is 2.35. The van der Waals surface area contributed by atoms with Crippen LogP contribution in [0.15, 0.2) is 18.2 Å². The van der Waals surface area contributed by atoms with Crippen molar-refractivity contribution in [2.45, 2.75) is 38.1 Å². The predicted molar refractivity (Wildman–Crippen MR) is 68.9 cm³/mol. The Morgan fingerprint density at radius 1 is 1.28 bits per heavy atom. The molecule has 1 aromatic rings. The third kappa shape index (κ3) is 1.96. The smallest absolute Gasteiger partial charge is 0.354 e. The lowest BCUT2D eigenvalue weighted by Crippen LogP contribution is -2.43. The van der Waals surface area contributed by atoms with E-state index in [1.165, 1.54) is 32.1 Å². The lowest BCUT2D eigenvalue weighted by atomic mass is 9.92. The van der Waals surface area contributed by atoms with Crippen LogP contribution in [-0.2, 0) is 0 Å². The van der Waals surface area contributed by atoms with Gasteiger partial charge in [-0.1, -0.05) is 12.5 Å². The highest BCUT2D eigenvalue weighted by atomic mass is 16.4. The van der Waals surface area contributed by atoms with Crippen molar-refractivity contribution in [1.29, 1.82) is 0 Å². The molecule has 1 saturated heterocycles. The van der Waals surface area contributed by atoms with Crippen molar-refractivity contribution >= 4 is 11.8 Å². The van der Waals surface area contributed by atoms with E-state index >= 15 is 0 Å². The van der Waals surface area contributed by atoms with Gasteiger partial charge in [-0.25, -0.2) is 9.78 Å². The van der Waals surface area contributed by atoms with E-state index in [1.807, 2.05) is 6.07 Å². The molecule has 3 rings (SSSR count). The number of hydrogen-bond donors (Lipinski definition) is 1. The zero-order valence-corrected chi connectivity index (χ0v) is 10.4. The molecule has 0 amide bonds. The first kappa shape index (κ1) is 11.5. The Morgan fingerprint density at radius 3 is 2.94 bits per heavy atom. The molecule has 2 fully saturated rings. The number of piperidine rings is 1. The van der Waals surface area contributed by atoms with Crippen molar-refractivity contribution in [3.8, 4) is 0 Å². The average Bonchev–Trinajstić information content (AvgIpc) is 2.87. The first-order valence-corrected chi connectivity index (χ1v) is 6.73. The summed E-state index contributed by atoms with van der Waals surface area (Å²) in [5.41, 5.74) is 0.146. The molecule has 4 nitrogen and oxygen atoms in total. The lowest BCUT2D eigenvalue weighted by molar-refractivity contribution is 0.0690. The van der Waals surface area contributed by atoms with Gasteiger partial charge in [0.05, 0.1) is 0 Å². The molecule has 2 atom stereocenters. The quantitative estimate of drug-likeness (QED) is 0.871. The minimum Gasteiger partial charge on any atom is -0.477 e. The second-order valence-electron chi connectivity index (χ2n) is 5.28. The van der Waals surface area contributed by atoms with E-state index in [2.05, 4.69) is 9.88 Å². The van der Waals surface area contributed by atoms with Gasteiger partial charge in [-0.15, -0.1) is 0 Å². The van der Waals surface area contributed by atoms with Crippen molar-refractivity contribution in [1.82, 2.24) is 4.98 Å². The summed E-state index contributed by atoms with van der Waals surface area (Å²) in [7, 11) is 0. The van der Waals surface area contributed by atoms with Gasteiger partial charge in [0.15, 0.2) is 5.69 Å². The maximum atomic E-state index is 11.0. The van der Waals surface area contributed by atoms with Gasteiger partial charge in [0.25, 0.3) is 0 Å². The second-order valence-corrected chi connectivity index (χ2v) is 5.28. The van der Waals surface area contributed by atoms with Crippen LogP contribution in [0, 0.1) is 5.92 Å².